The summed E-state index contributed by atoms with van der Waals surface area (Å²) in [5.41, 5.74) is 0.230. The lowest BCUT2D eigenvalue weighted by Crippen LogP contribution is -2.14. The van der Waals surface area contributed by atoms with Gasteiger partial charge in [0, 0.05) is 23.9 Å². The van der Waals surface area contributed by atoms with E-state index in [0.717, 1.165) is 12.1 Å². The highest BCUT2D eigenvalue weighted by atomic mass is 19.4. The minimum absolute atomic E-state index is 0.0713. The van der Waals surface area contributed by atoms with Gasteiger partial charge < -0.3 is 14.8 Å². The Morgan fingerprint density at radius 3 is 2.56 bits per heavy atom. The monoisotopic (exact) mass is 353 g/mol. The van der Waals surface area contributed by atoms with Gasteiger partial charge in [-0.15, -0.1) is 0 Å². The van der Waals surface area contributed by atoms with Gasteiger partial charge in [0.05, 0.1) is 18.8 Å². The van der Waals surface area contributed by atoms with Crippen molar-refractivity contribution >= 4 is 11.6 Å². The lowest BCUT2D eigenvalue weighted by Gasteiger charge is -2.13. The van der Waals surface area contributed by atoms with Gasteiger partial charge in [-0.1, -0.05) is 6.07 Å². The molecular weight excluding hydrogens is 335 g/mol. The Balaban J connectivity index is 2.22. The van der Waals surface area contributed by atoms with E-state index in [4.69, 9.17) is 9.47 Å². The highest BCUT2D eigenvalue weighted by Gasteiger charge is 2.30. The molecule has 0 aliphatic carbocycles. The van der Waals surface area contributed by atoms with Crippen LogP contribution < -0.4 is 10.1 Å². The first-order chi connectivity index (χ1) is 11.8. The molecular formula is C18H18F3NO3. The number of carbonyl (C=O) groups excluding carboxylic acids is 1. The number of ether oxygens (including phenoxy) is 2. The minimum Gasteiger partial charge on any atom is -0.494 e. The van der Waals surface area contributed by atoms with E-state index in [-0.39, 0.29) is 12.3 Å². The molecule has 0 bridgehead atoms. The number of benzene rings is 2. The van der Waals surface area contributed by atoms with Crippen molar-refractivity contribution in [1.82, 2.24) is 0 Å². The Kier molecular flexibility index (Phi) is 6.03. The van der Waals surface area contributed by atoms with Crippen molar-refractivity contribution in [1.29, 1.82) is 0 Å². The van der Waals surface area contributed by atoms with E-state index in [1.165, 1.54) is 19.2 Å². The van der Waals surface area contributed by atoms with Gasteiger partial charge in [0.15, 0.2) is 0 Å². The summed E-state index contributed by atoms with van der Waals surface area (Å²) in [6, 6.07) is 9.26. The third-order valence-electron chi connectivity index (χ3n) is 3.37. The summed E-state index contributed by atoms with van der Waals surface area (Å²) in [7, 11) is 1.52. The third-order valence-corrected chi connectivity index (χ3v) is 3.37. The van der Waals surface area contributed by atoms with Gasteiger partial charge >= 0.3 is 6.18 Å². The first kappa shape index (κ1) is 18.8. The smallest absolute Gasteiger partial charge is 0.416 e. The van der Waals surface area contributed by atoms with E-state index in [0.29, 0.717) is 23.5 Å². The second kappa shape index (κ2) is 8.02. The molecule has 0 radical (unpaired) electrons. The van der Waals surface area contributed by atoms with E-state index < -0.39 is 17.6 Å². The number of hydrogen-bond donors (Lipinski definition) is 1. The molecule has 0 atom stereocenters. The van der Waals surface area contributed by atoms with Crippen LogP contribution in [0.2, 0.25) is 0 Å². The molecule has 1 N–H and O–H groups in total. The molecule has 0 aliphatic heterocycles. The van der Waals surface area contributed by atoms with Gasteiger partial charge in [-0.2, -0.15) is 13.2 Å². The summed E-state index contributed by atoms with van der Waals surface area (Å²) in [5.74, 6) is 0.0831. The highest BCUT2D eigenvalue weighted by molar-refractivity contribution is 6.04. The number of anilines is 1. The summed E-state index contributed by atoms with van der Waals surface area (Å²) in [4.78, 5) is 12.3. The second-order valence-corrected chi connectivity index (χ2v) is 5.22. The van der Waals surface area contributed by atoms with Crippen LogP contribution in [0.1, 0.15) is 28.4 Å². The van der Waals surface area contributed by atoms with Crippen molar-refractivity contribution in [2.45, 2.75) is 19.7 Å². The first-order valence-electron chi connectivity index (χ1n) is 7.58. The van der Waals surface area contributed by atoms with E-state index in [2.05, 4.69) is 5.32 Å². The number of amides is 1. The zero-order chi connectivity index (χ0) is 18.4. The maximum absolute atomic E-state index is 12.7. The summed E-state index contributed by atoms with van der Waals surface area (Å²) < 4.78 is 48.8. The Labute approximate surface area is 143 Å². The number of hydrogen-bond acceptors (Lipinski definition) is 3. The largest absolute Gasteiger partial charge is 0.494 e. The molecule has 2 rings (SSSR count). The Hall–Kier alpha value is -2.54. The van der Waals surface area contributed by atoms with Gasteiger partial charge in [-0.05, 0) is 43.3 Å². The molecule has 0 unspecified atom stereocenters. The zero-order valence-corrected chi connectivity index (χ0v) is 13.8. The van der Waals surface area contributed by atoms with E-state index >= 15 is 0 Å². The van der Waals surface area contributed by atoms with Crippen molar-refractivity contribution in [3.05, 3.63) is 59.2 Å². The Morgan fingerprint density at radius 1 is 1.16 bits per heavy atom. The molecule has 2 aromatic carbocycles. The molecule has 25 heavy (non-hydrogen) atoms. The number of methoxy groups -OCH3 is 1. The standard InChI is InChI=1S/C18H18F3NO3/c1-3-25-16-8-7-12(9-13(16)11-24-2)17(23)22-15-6-4-5-14(10-15)18(19,20)21/h4-10H,3,11H2,1-2H3,(H,22,23). The molecule has 1 amide bonds. The molecule has 0 aromatic heterocycles. The molecule has 0 aliphatic rings. The highest BCUT2D eigenvalue weighted by Crippen LogP contribution is 2.31. The predicted molar refractivity (Wildman–Crippen MR) is 87.7 cm³/mol. The molecule has 134 valence electrons. The molecule has 0 saturated heterocycles. The lowest BCUT2D eigenvalue weighted by atomic mass is 10.1. The quantitative estimate of drug-likeness (QED) is 0.832. The Bertz CT molecular complexity index is 745. The average molecular weight is 353 g/mol. The van der Waals surface area contributed by atoms with Crippen molar-refractivity contribution in [3.8, 4) is 5.75 Å². The summed E-state index contributed by atoms with van der Waals surface area (Å²) in [6.07, 6.45) is -4.47. The number of alkyl halides is 3. The normalized spacial score (nSPS) is 11.2. The van der Waals surface area contributed by atoms with Gasteiger partial charge in [-0.3, -0.25) is 4.79 Å². The summed E-state index contributed by atoms with van der Waals surface area (Å²) in [5, 5.41) is 2.47. The van der Waals surface area contributed by atoms with Gasteiger partial charge in [0.25, 0.3) is 5.91 Å². The lowest BCUT2D eigenvalue weighted by molar-refractivity contribution is -0.137. The number of rotatable bonds is 6. The third kappa shape index (κ3) is 4.96. The topological polar surface area (TPSA) is 47.6 Å². The summed E-state index contributed by atoms with van der Waals surface area (Å²) in [6.45, 7) is 2.55. The zero-order valence-electron chi connectivity index (χ0n) is 13.8. The molecule has 7 heteroatoms. The first-order valence-corrected chi connectivity index (χ1v) is 7.58. The fourth-order valence-corrected chi connectivity index (χ4v) is 2.26. The van der Waals surface area contributed by atoms with Crippen LogP contribution in [0.4, 0.5) is 18.9 Å². The SMILES string of the molecule is CCOc1ccc(C(=O)Nc2cccc(C(F)(F)F)c2)cc1COC. The van der Waals surface area contributed by atoms with Gasteiger partial charge in [-0.25, -0.2) is 0 Å². The number of halogens is 3. The van der Waals surface area contributed by atoms with E-state index in [9.17, 15) is 18.0 Å². The fraction of sp³-hybridized carbons (Fsp3) is 0.278. The molecule has 0 spiro atoms. The van der Waals surface area contributed by atoms with Gasteiger partial charge in [0.1, 0.15) is 5.75 Å². The molecule has 0 saturated carbocycles. The van der Waals surface area contributed by atoms with E-state index in [1.54, 1.807) is 18.2 Å². The minimum atomic E-state index is -4.47. The second-order valence-electron chi connectivity index (χ2n) is 5.22. The van der Waals surface area contributed by atoms with E-state index in [1.807, 2.05) is 6.92 Å². The average Bonchev–Trinajstić information content (AvgIpc) is 2.56. The van der Waals surface area contributed by atoms with Gasteiger partial charge in [0.2, 0.25) is 0 Å². The fourth-order valence-electron chi connectivity index (χ4n) is 2.26. The van der Waals surface area contributed by atoms with Crippen LogP contribution in [0.15, 0.2) is 42.5 Å². The van der Waals surface area contributed by atoms with Crippen LogP contribution in [0.5, 0.6) is 5.75 Å². The van der Waals surface area contributed by atoms with Crippen molar-refractivity contribution in [3.63, 3.8) is 0 Å². The van der Waals surface area contributed by atoms with Crippen LogP contribution in [0.25, 0.3) is 0 Å². The summed E-state index contributed by atoms with van der Waals surface area (Å²) >= 11 is 0. The van der Waals surface area contributed by atoms with Crippen molar-refractivity contribution in [2.24, 2.45) is 0 Å². The predicted octanol–water partition coefficient (Wildman–Crippen LogP) is 4.50. The van der Waals surface area contributed by atoms with Crippen LogP contribution >= 0.6 is 0 Å². The molecule has 0 heterocycles. The number of carbonyl (C=O) groups is 1. The molecule has 2 aromatic rings. The van der Waals surface area contributed by atoms with Crippen LogP contribution in [0, 0.1) is 0 Å². The number of nitrogens with one attached hydrogen (secondary N) is 1. The maximum atomic E-state index is 12.7. The van der Waals surface area contributed by atoms with Crippen LogP contribution in [0.3, 0.4) is 0 Å². The maximum Gasteiger partial charge on any atom is 0.416 e. The van der Waals surface area contributed by atoms with Crippen LogP contribution in [-0.4, -0.2) is 19.6 Å². The van der Waals surface area contributed by atoms with Crippen LogP contribution in [-0.2, 0) is 17.5 Å². The van der Waals surface area contributed by atoms with Crippen molar-refractivity contribution in [2.75, 3.05) is 19.0 Å². The Morgan fingerprint density at radius 2 is 1.92 bits per heavy atom. The molecule has 4 nitrogen and oxygen atoms in total. The molecule has 0 fully saturated rings. The van der Waals surface area contributed by atoms with Crippen molar-refractivity contribution < 1.29 is 27.4 Å².